The van der Waals surface area contributed by atoms with Gasteiger partial charge in [-0.25, -0.2) is 19.7 Å². The molecule has 0 spiro atoms. The van der Waals surface area contributed by atoms with Gasteiger partial charge in [0, 0.05) is 39.8 Å². The van der Waals surface area contributed by atoms with Crippen LogP contribution in [0.3, 0.4) is 0 Å². The molecule has 0 amide bonds. The van der Waals surface area contributed by atoms with Crippen LogP contribution in [-0.4, -0.2) is 30.4 Å². The minimum absolute atomic E-state index is 0.165. The highest BCUT2D eigenvalue weighted by Crippen LogP contribution is 2.29. The fourth-order valence-corrected chi connectivity index (χ4v) is 4.74. The standard InChI is InChI=1S/C30H28N6O3/c1-16-13-23(19(4)33-24-8-6-5-7-22(24)29(38)39)27-35-26(18(3)28(37)36(27)15-16)21-11-9-20(10-12-21)25-14-17(2)32-30(31)34-25/h5-15,19,33H,1-4H3,(H,38,39)(H2,31,32,34)/t19-/m1/s1. The Balaban J connectivity index is 1.60. The second kappa shape index (κ2) is 10.0. The number of nitrogens with two attached hydrogens (primary N) is 1. The van der Waals surface area contributed by atoms with Crippen LogP contribution in [0, 0.1) is 20.8 Å². The average molecular weight is 521 g/mol. The smallest absolute Gasteiger partial charge is 0.337 e. The minimum atomic E-state index is -1.02. The Labute approximate surface area is 225 Å². The number of anilines is 2. The number of nitrogens with one attached hydrogen (secondary N) is 1. The van der Waals surface area contributed by atoms with Crippen LogP contribution in [0.2, 0.25) is 0 Å². The lowest BCUT2D eigenvalue weighted by Crippen LogP contribution is -2.22. The molecule has 0 unspecified atom stereocenters. The van der Waals surface area contributed by atoms with E-state index in [2.05, 4.69) is 15.3 Å². The second-order valence-corrected chi connectivity index (χ2v) is 9.60. The van der Waals surface area contributed by atoms with Crippen LogP contribution >= 0.6 is 0 Å². The summed E-state index contributed by atoms with van der Waals surface area (Å²) in [5.41, 5.74) is 12.7. The van der Waals surface area contributed by atoms with E-state index in [0.717, 1.165) is 27.9 Å². The van der Waals surface area contributed by atoms with Gasteiger partial charge in [0.25, 0.3) is 5.56 Å². The summed E-state index contributed by atoms with van der Waals surface area (Å²) in [5.74, 6) is -0.805. The average Bonchev–Trinajstić information content (AvgIpc) is 2.90. The first-order valence-electron chi connectivity index (χ1n) is 12.5. The van der Waals surface area contributed by atoms with Crippen molar-refractivity contribution in [3.8, 4) is 22.5 Å². The maximum Gasteiger partial charge on any atom is 0.337 e. The first-order chi connectivity index (χ1) is 18.6. The maximum atomic E-state index is 13.5. The van der Waals surface area contributed by atoms with Crippen molar-refractivity contribution >= 4 is 23.3 Å². The van der Waals surface area contributed by atoms with E-state index in [9.17, 15) is 14.7 Å². The molecule has 0 aliphatic carbocycles. The third kappa shape index (κ3) is 4.94. The number of nitrogen functional groups attached to an aromatic ring is 1. The highest BCUT2D eigenvalue weighted by atomic mass is 16.4. The molecule has 4 N–H and O–H groups in total. The van der Waals surface area contributed by atoms with Crippen LogP contribution in [0.25, 0.3) is 28.2 Å². The van der Waals surface area contributed by atoms with E-state index >= 15 is 0 Å². The molecule has 1 atom stereocenters. The molecule has 0 bridgehead atoms. The molecule has 196 valence electrons. The fraction of sp³-hybridized carbons (Fsp3) is 0.167. The molecule has 5 aromatic rings. The van der Waals surface area contributed by atoms with Crippen LogP contribution in [0.4, 0.5) is 11.6 Å². The summed E-state index contributed by atoms with van der Waals surface area (Å²) in [7, 11) is 0. The van der Waals surface area contributed by atoms with E-state index in [1.165, 1.54) is 0 Å². The lowest BCUT2D eigenvalue weighted by Gasteiger charge is -2.20. The Morgan fingerprint density at radius 3 is 2.36 bits per heavy atom. The van der Waals surface area contributed by atoms with Crippen LogP contribution in [0.5, 0.6) is 0 Å². The molecule has 0 aliphatic heterocycles. The predicted molar refractivity (Wildman–Crippen MR) is 152 cm³/mol. The van der Waals surface area contributed by atoms with Crippen molar-refractivity contribution in [1.82, 2.24) is 19.4 Å². The number of fused-ring (bicyclic) bond motifs is 1. The lowest BCUT2D eigenvalue weighted by atomic mass is 10.0. The molecule has 0 saturated carbocycles. The zero-order valence-corrected chi connectivity index (χ0v) is 22.1. The topological polar surface area (TPSA) is 136 Å². The number of benzene rings is 2. The van der Waals surface area contributed by atoms with Gasteiger partial charge in [-0.05, 0) is 57.5 Å². The summed E-state index contributed by atoms with van der Waals surface area (Å²) < 4.78 is 1.56. The number of carbonyl (C=O) groups is 1. The molecule has 0 fully saturated rings. The molecule has 5 rings (SSSR count). The molecule has 0 aliphatic rings. The van der Waals surface area contributed by atoms with E-state index in [0.29, 0.717) is 28.3 Å². The fourth-order valence-electron chi connectivity index (χ4n) is 4.74. The number of hydrogen-bond acceptors (Lipinski definition) is 7. The molecule has 2 aromatic carbocycles. The first-order valence-corrected chi connectivity index (χ1v) is 12.5. The number of pyridine rings is 1. The van der Waals surface area contributed by atoms with Crippen LogP contribution in [0.15, 0.2) is 71.7 Å². The lowest BCUT2D eigenvalue weighted by molar-refractivity contribution is 0.0698. The van der Waals surface area contributed by atoms with E-state index in [-0.39, 0.29) is 23.1 Å². The predicted octanol–water partition coefficient (Wildman–Crippen LogP) is 5.20. The van der Waals surface area contributed by atoms with Crippen molar-refractivity contribution in [2.45, 2.75) is 33.7 Å². The SMILES string of the molecule is Cc1cc([C@@H](C)Nc2ccccc2C(=O)O)c2nc(-c3ccc(-c4cc(C)nc(N)n4)cc3)c(C)c(=O)n2c1. The van der Waals surface area contributed by atoms with Crippen LogP contribution in [0.1, 0.15) is 45.7 Å². The summed E-state index contributed by atoms with van der Waals surface area (Å²) in [6, 6.07) is 17.9. The summed E-state index contributed by atoms with van der Waals surface area (Å²) >= 11 is 0. The molecule has 9 nitrogen and oxygen atoms in total. The van der Waals surface area contributed by atoms with Crippen molar-refractivity contribution in [3.05, 3.63) is 105 Å². The Morgan fingerprint density at radius 1 is 0.974 bits per heavy atom. The maximum absolute atomic E-state index is 13.5. The van der Waals surface area contributed by atoms with Crippen molar-refractivity contribution in [2.24, 2.45) is 0 Å². The van der Waals surface area contributed by atoms with E-state index in [1.807, 2.05) is 57.2 Å². The number of para-hydroxylation sites is 1. The Bertz CT molecular complexity index is 1770. The van der Waals surface area contributed by atoms with E-state index < -0.39 is 5.97 Å². The van der Waals surface area contributed by atoms with E-state index in [1.54, 1.807) is 41.8 Å². The summed E-state index contributed by atoms with van der Waals surface area (Å²) in [5, 5.41) is 12.9. The largest absolute Gasteiger partial charge is 0.478 e. The number of aromatic carboxylic acids is 1. The van der Waals surface area contributed by atoms with Crippen molar-refractivity contribution in [3.63, 3.8) is 0 Å². The highest BCUT2D eigenvalue weighted by molar-refractivity contribution is 5.94. The normalized spacial score (nSPS) is 11.9. The van der Waals surface area contributed by atoms with Crippen LogP contribution < -0.4 is 16.6 Å². The molecule has 0 radical (unpaired) electrons. The molecular formula is C30H28N6O3. The van der Waals surface area contributed by atoms with Crippen LogP contribution in [-0.2, 0) is 0 Å². The van der Waals surface area contributed by atoms with Gasteiger partial charge in [0.2, 0.25) is 5.95 Å². The molecule has 0 saturated heterocycles. The molecule has 3 heterocycles. The molecular weight excluding hydrogens is 492 g/mol. The first kappa shape index (κ1) is 25.6. The summed E-state index contributed by atoms with van der Waals surface area (Å²) in [6.45, 7) is 7.47. The van der Waals surface area contributed by atoms with Gasteiger partial charge in [0.15, 0.2) is 0 Å². The Kier molecular flexibility index (Phi) is 6.57. The quantitative estimate of drug-likeness (QED) is 0.278. The second-order valence-electron chi connectivity index (χ2n) is 9.60. The molecule has 3 aromatic heterocycles. The zero-order valence-electron chi connectivity index (χ0n) is 22.1. The van der Waals surface area contributed by atoms with Gasteiger partial charge >= 0.3 is 5.97 Å². The zero-order chi connectivity index (χ0) is 27.8. The summed E-state index contributed by atoms with van der Waals surface area (Å²) in [4.78, 5) is 38.6. The van der Waals surface area contributed by atoms with Crippen molar-refractivity contribution in [2.75, 3.05) is 11.1 Å². The third-order valence-electron chi connectivity index (χ3n) is 6.64. The van der Waals surface area contributed by atoms with Gasteiger partial charge in [-0.2, -0.15) is 0 Å². The number of carboxylic acid groups (broad SMARTS) is 1. The molecule has 39 heavy (non-hydrogen) atoms. The van der Waals surface area contributed by atoms with Gasteiger partial charge in [-0.3, -0.25) is 9.20 Å². The van der Waals surface area contributed by atoms with Gasteiger partial charge in [0.05, 0.1) is 23.0 Å². The number of aryl methyl sites for hydroxylation is 2. The number of carboxylic acids is 1. The Hall–Kier alpha value is -5.05. The number of rotatable bonds is 6. The van der Waals surface area contributed by atoms with Gasteiger partial charge in [-0.15, -0.1) is 0 Å². The minimum Gasteiger partial charge on any atom is -0.478 e. The van der Waals surface area contributed by atoms with Gasteiger partial charge in [-0.1, -0.05) is 36.4 Å². The Morgan fingerprint density at radius 2 is 1.67 bits per heavy atom. The monoisotopic (exact) mass is 520 g/mol. The van der Waals surface area contributed by atoms with E-state index in [4.69, 9.17) is 10.7 Å². The third-order valence-corrected chi connectivity index (χ3v) is 6.64. The number of hydrogen-bond donors (Lipinski definition) is 3. The van der Waals surface area contributed by atoms with Crippen molar-refractivity contribution < 1.29 is 9.90 Å². The van der Waals surface area contributed by atoms with Gasteiger partial charge < -0.3 is 16.2 Å². The molecule has 9 heteroatoms. The summed E-state index contributed by atoms with van der Waals surface area (Å²) in [6.07, 6.45) is 1.77. The number of aromatic nitrogens is 4. The van der Waals surface area contributed by atoms with Gasteiger partial charge in [0.1, 0.15) is 5.65 Å². The number of nitrogens with zero attached hydrogens (tertiary/aromatic N) is 4. The highest BCUT2D eigenvalue weighted by Gasteiger charge is 2.19. The van der Waals surface area contributed by atoms with Crippen molar-refractivity contribution in [1.29, 1.82) is 0 Å².